The standard InChI is InChI=1S/C38H65N5O7S/c1-11-27(7)36(42(9)38(47)35(26(5)6)41-37(46)34(39-8)25(3)4)30(50-10)24-33(45)43-22-16-19-29(43)20-21-31(44)40-32(51(48,49)12-2)23-28-17-14-13-15-18-28/h13-15,17-18,25-27,29-30,32,34-36,39H,11-12,16,19-24H2,1-10H3,(H,40,44)(H,41,46). The van der Waals surface area contributed by atoms with Crippen LogP contribution in [-0.2, 0) is 40.2 Å². The SMILES string of the molecule is CCC(C)C(C(CC(=O)N1CCCC1CCC(=O)NC(Cc1ccccc1)S(=O)(=O)CC)OC)N(C)C(=O)C(NC(=O)C(NC)C(C)C)C(C)C. The molecule has 1 heterocycles. The molecule has 3 N–H and O–H groups in total. The van der Waals surface area contributed by atoms with Crippen LogP contribution in [0.4, 0.5) is 0 Å². The van der Waals surface area contributed by atoms with E-state index in [2.05, 4.69) is 16.0 Å². The third-order valence-corrected chi connectivity index (χ3v) is 12.4. The normalized spacial score (nSPS) is 18.5. The average Bonchev–Trinajstić information content (AvgIpc) is 3.58. The first-order chi connectivity index (χ1) is 24.0. The topological polar surface area (TPSA) is 154 Å². The van der Waals surface area contributed by atoms with Gasteiger partial charge >= 0.3 is 0 Å². The molecule has 0 spiro atoms. The fraction of sp³-hybridized carbons (Fsp3) is 0.737. The molecule has 13 heteroatoms. The number of carbonyl (C=O) groups is 4. The number of ether oxygens (including phenoxy) is 1. The number of likely N-dealkylation sites (tertiary alicyclic amines) is 1. The van der Waals surface area contributed by atoms with Crippen LogP contribution in [0.5, 0.6) is 0 Å². The first kappa shape index (κ1) is 44.1. The summed E-state index contributed by atoms with van der Waals surface area (Å²) in [5.41, 5.74) is 0.821. The van der Waals surface area contributed by atoms with Crippen LogP contribution >= 0.6 is 0 Å². The van der Waals surface area contributed by atoms with Crippen molar-refractivity contribution in [1.82, 2.24) is 25.8 Å². The number of likely N-dealkylation sites (N-methyl/N-ethyl adjacent to an activating group) is 2. The van der Waals surface area contributed by atoms with Gasteiger partial charge in [0.1, 0.15) is 11.4 Å². The molecule has 7 unspecified atom stereocenters. The highest BCUT2D eigenvalue weighted by atomic mass is 32.2. The van der Waals surface area contributed by atoms with E-state index in [4.69, 9.17) is 4.74 Å². The molecule has 7 atom stereocenters. The smallest absolute Gasteiger partial charge is 0.245 e. The monoisotopic (exact) mass is 735 g/mol. The number of carbonyl (C=O) groups excluding carboxylic acids is 4. The number of hydrogen-bond donors (Lipinski definition) is 3. The molecule has 1 fully saturated rings. The van der Waals surface area contributed by atoms with Crippen molar-refractivity contribution >= 4 is 33.5 Å². The number of nitrogens with one attached hydrogen (secondary N) is 3. The highest BCUT2D eigenvalue weighted by molar-refractivity contribution is 7.91. The molecule has 0 aliphatic carbocycles. The van der Waals surface area contributed by atoms with E-state index in [-0.39, 0.29) is 72.4 Å². The second kappa shape index (κ2) is 20.9. The minimum absolute atomic E-state index is 0.0118. The van der Waals surface area contributed by atoms with Gasteiger partial charge in [0.2, 0.25) is 23.6 Å². The second-order valence-electron chi connectivity index (χ2n) is 14.7. The molecule has 0 aromatic heterocycles. The first-order valence-corrected chi connectivity index (χ1v) is 20.4. The molecule has 4 amide bonds. The minimum Gasteiger partial charge on any atom is -0.379 e. The van der Waals surface area contributed by atoms with E-state index in [1.807, 2.05) is 71.9 Å². The number of methoxy groups -OCH3 is 1. The van der Waals surface area contributed by atoms with Crippen LogP contribution in [0, 0.1) is 17.8 Å². The summed E-state index contributed by atoms with van der Waals surface area (Å²) in [5.74, 6) is -1.19. The maximum Gasteiger partial charge on any atom is 0.245 e. The third kappa shape index (κ3) is 12.6. The summed E-state index contributed by atoms with van der Waals surface area (Å²) in [4.78, 5) is 57.6. The van der Waals surface area contributed by atoms with Gasteiger partial charge in [-0.15, -0.1) is 0 Å². The van der Waals surface area contributed by atoms with E-state index in [9.17, 15) is 27.6 Å². The number of hydrogen-bond acceptors (Lipinski definition) is 8. The Morgan fingerprint density at radius 3 is 2.14 bits per heavy atom. The zero-order chi connectivity index (χ0) is 38.5. The number of benzene rings is 1. The molecule has 0 bridgehead atoms. The van der Waals surface area contributed by atoms with Gasteiger partial charge in [-0.25, -0.2) is 8.42 Å². The maximum absolute atomic E-state index is 14.1. The Balaban J connectivity index is 2.16. The number of amides is 4. The van der Waals surface area contributed by atoms with E-state index >= 15 is 0 Å². The second-order valence-corrected chi connectivity index (χ2v) is 17.1. The van der Waals surface area contributed by atoms with Crippen LogP contribution in [0.15, 0.2) is 30.3 Å². The molecule has 290 valence electrons. The lowest BCUT2D eigenvalue weighted by atomic mass is 9.89. The van der Waals surface area contributed by atoms with Crippen molar-refractivity contribution in [2.75, 3.05) is 33.5 Å². The van der Waals surface area contributed by atoms with Crippen molar-refractivity contribution in [2.45, 2.75) is 129 Å². The Kier molecular flexibility index (Phi) is 18.1. The lowest BCUT2D eigenvalue weighted by molar-refractivity contribution is -0.146. The zero-order valence-electron chi connectivity index (χ0n) is 32.6. The molecule has 2 rings (SSSR count). The molecule has 12 nitrogen and oxygen atoms in total. The van der Waals surface area contributed by atoms with E-state index in [1.54, 1.807) is 37.9 Å². The molecule has 1 saturated heterocycles. The zero-order valence-corrected chi connectivity index (χ0v) is 33.4. The Bertz CT molecular complexity index is 1370. The highest BCUT2D eigenvalue weighted by Crippen LogP contribution is 2.27. The molecule has 1 aromatic rings. The van der Waals surface area contributed by atoms with E-state index < -0.39 is 39.4 Å². The number of rotatable bonds is 21. The van der Waals surface area contributed by atoms with Crippen molar-refractivity contribution < 1.29 is 32.3 Å². The average molecular weight is 736 g/mol. The molecule has 0 saturated carbocycles. The first-order valence-electron chi connectivity index (χ1n) is 18.6. The number of sulfone groups is 1. The van der Waals surface area contributed by atoms with E-state index in [0.29, 0.717) is 13.0 Å². The highest BCUT2D eigenvalue weighted by Gasteiger charge is 2.40. The summed E-state index contributed by atoms with van der Waals surface area (Å²) in [6, 6.07) is 7.40. The number of nitrogens with zero attached hydrogens (tertiary/aromatic N) is 2. The fourth-order valence-electron chi connectivity index (χ4n) is 7.07. The lowest BCUT2D eigenvalue weighted by Crippen LogP contribution is -2.59. The van der Waals surface area contributed by atoms with Gasteiger partial charge in [0.25, 0.3) is 0 Å². The predicted octanol–water partition coefficient (Wildman–Crippen LogP) is 3.54. The van der Waals surface area contributed by atoms with Gasteiger partial charge in [0.15, 0.2) is 9.84 Å². The molecule has 1 aliphatic rings. The van der Waals surface area contributed by atoms with Crippen molar-refractivity contribution in [1.29, 1.82) is 0 Å². The van der Waals surface area contributed by atoms with Crippen LogP contribution in [0.1, 0.15) is 92.6 Å². The molecule has 0 radical (unpaired) electrons. The van der Waals surface area contributed by atoms with Gasteiger partial charge < -0.3 is 30.5 Å². The Labute approximate surface area is 307 Å². The Morgan fingerprint density at radius 2 is 1.61 bits per heavy atom. The van der Waals surface area contributed by atoms with Crippen LogP contribution in [0.25, 0.3) is 0 Å². The summed E-state index contributed by atoms with van der Waals surface area (Å²) in [6.45, 7) is 13.9. The molecule has 51 heavy (non-hydrogen) atoms. The van der Waals surface area contributed by atoms with Crippen molar-refractivity contribution in [3.8, 4) is 0 Å². The van der Waals surface area contributed by atoms with Crippen molar-refractivity contribution in [3.63, 3.8) is 0 Å². The van der Waals surface area contributed by atoms with Crippen LogP contribution in [0.2, 0.25) is 0 Å². The summed E-state index contributed by atoms with van der Waals surface area (Å²) in [6.07, 6.45) is 2.40. The summed E-state index contributed by atoms with van der Waals surface area (Å²) in [5, 5.41) is 7.73. The maximum atomic E-state index is 14.1. The van der Waals surface area contributed by atoms with Gasteiger partial charge in [0, 0.05) is 45.3 Å². The minimum atomic E-state index is -3.55. The summed E-state index contributed by atoms with van der Waals surface area (Å²) >= 11 is 0. The lowest BCUT2D eigenvalue weighted by Gasteiger charge is -2.40. The van der Waals surface area contributed by atoms with Gasteiger partial charge in [-0.05, 0) is 49.6 Å². The third-order valence-electron chi connectivity index (χ3n) is 10.4. The van der Waals surface area contributed by atoms with Gasteiger partial charge in [-0.2, -0.15) is 0 Å². The predicted molar refractivity (Wildman–Crippen MR) is 201 cm³/mol. The van der Waals surface area contributed by atoms with Gasteiger partial charge in [0.05, 0.1) is 24.6 Å². The van der Waals surface area contributed by atoms with E-state index in [1.165, 1.54) is 0 Å². The molecular formula is C38H65N5O7S. The summed E-state index contributed by atoms with van der Waals surface area (Å²) < 4.78 is 31.6. The molecular weight excluding hydrogens is 671 g/mol. The largest absolute Gasteiger partial charge is 0.379 e. The van der Waals surface area contributed by atoms with Crippen LogP contribution in [-0.4, -0.2) is 111 Å². The van der Waals surface area contributed by atoms with Crippen LogP contribution < -0.4 is 16.0 Å². The Morgan fingerprint density at radius 1 is 0.980 bits per heavy atom. The molecule has 1 aromatic carbocycles. The fourth-order valence-corrected chi connectivity index (χ4v) is 8.23. The summed E-state index contributed by atoms with van der Waals surface area (Å²) in [7, 11) is 1.45. The Hall–Kier alpha value is -3.03. The quantitative estimate of drug-likeness (QED) is 0.173. The van der Waals surface area contributed by atoms with E-state index in [0.717, 1.165) is 24.8 Å². The van der Waals surface area contributed by atoms with Crippen LogP contribution in [0.3, 0.4) is 0 Å². The molecule has 1 aliphatic heterocycles. The van der Waals surface area contributed by atoms with Gasteiger partial charge in [-0.3, -0.25) is 19.2 Å². The van der Waals surface area contributed by atoms with Crippen molar-refractivity contribution in [3.05, 3.63) is 35.9 Å². The van der Waals surface area contributed by atoms with Gasteiger partial charge in [-0.1, -0.05) is 85.2 Å². The van der Waals surface area contributed by atoms with Crippen molar-refractivity contribution in [2.24, 2.45) is 17.8 Å².